The van der Waals surface area contributed by atoms with Crippen LogP contribution in [0.4, 0.5) is 5.69 Å². The number of anilines is 1. The Hall–Kier alpha value is -2.57. The van der Waals surface area contributed by atoms with E-state index in [1.807, 2.05) is 45.3 Å². The largest absolute Gasteiger partial charge is 0.493 e. The van der Waals surface area contributed by atoms with Crippen LogP contribution in [0.3, 0.4) is 0 Å². The zero-order chi connectivity index (χ0) is 20.6. The van der Waals surface area contributed by atoms with Crippen LogP contribution >= 0.6 is 0 Å². The van der Waals surface area contributed by atoms with Gasteiger partial charge in [-0.2, -0.15) is 0 Å². The summed E-state index contributed by atoms with van der Waals surface area (Å²) in [5.74, 6) is 0.523. The fraction of sp³-hybridized carbons (Fsp3) is 0.435. The van der Waals surface area contributed by atoms with Gasteiger partial charge in [0.05, 0.1) is 31.9 Å². The predicted molar refractivity (Wildman–Crippen MR) is 115 cm³/mol. The third-order valence-electron chi connectivity index (χ3n) is 5.34. The molecule has 3 rings (SSSR count). The minimum absolute atomic E-state index is 0.100. The van der Waals surface area contributed by atoms with Crippen molar-refractivity contribution in [1.29, 1.82) is 0 Å². The Kier molecular flexibility index (Phi) is 7.49. The molecule has 0 unspecified atom stereocenters. The van der Waals surface area contributed by atoms with Crippen LogP contribution in [0, 0.1) is 0 Å². The Labute approximate surface area is 173 Å². The number of carbonyl (C=O) groups excluding carboxylic acids is 1. The van der Waals surface area contributed by atoms with Crippen molar-refractivity contribution < 1.29 is 19.2 Å². The van der Waals surface area contributed by atoms with Crippen LogP contribution in [-0.4, -0.2) is 59.5 Å². The molecule has 1 heterocycles. The molecule has 156 valence electrons. The Balaban J connectivity index is 1.75. The van der Waals surface area contributed by atoms with Gasteiger partial charge in [0.1, 0.15) is 24.9 Å². The first-order valence-electron chi connectivity index (χ1n) is 10.3. The maximum atomic E-state index is 12.9. The number of amides is 1. The number of quaternary nitrogens is 1. The average Bonchev–Trinajstić information content (AvgIpc) is 2.75. The summed E-state index contributed by atoms with van der Waals surface area (Å²) < 4.78 is 11.2. The van der Waals surface area contributed by atoms with Crippen molar-refractivity contribution in [3.63, 3.8) is 0 Å². The van der Waals surface area contributed by atoms with Gasteiger partial charge in [0, 0.05) is 25.3 Å². The molecule has 2 aromatic rings. The van der Waals surface area contributed by atoms with E-state index >= 15 is 0 Å². The number of nitrogens with zero attached hydrogens (tertiary/aromatic N) is 1. The highest BCUT2D eigenvalue weighted by atomic mass is 16.5. The van der Waals surface area contributed by atoms with Gasteiger partial charge in [-0.15, -0.1) is 0 Å². The summed E-state index contributed by atoms with van der Waals surface area (Å²) in [6.07, 6.45) is 0. The quantitative estimate of drug-likeness (QED) is 0.708. The normalized spacial score (nSPS) is 15.6. The molecule has 1 aliphatic heterocycles. The van der Waals surface area contributed by atoms with Crippen LogP contribution in [0.15, 0.2) is 48.5 Å². The number of benzene rings is 2. The maximum absolute atomic E-state index is 12.9. The molecule has 29 heavy (non-hydrogen) atoms. The van der Waals surface area contributed by atoms with E-state index in [4.69, 9.17) is 9.47 Å². The van der Waals surface area contributed by atoms with Crippen LogP contribution in [-0.2, 0) is 4.74 Å². The van der Waals surface area contributed by atoms with Crippen LogP contribution in [0.25, 0.3) is 0 Å². The Morgan fingerprint density at radius 2 is 1.83 bits per heavy atom. The van der Waals surface area contributed by atoms with Gasteiger partial charge in [-0.25, -0.2) is 0 Å². The number of nitrogens with one attached hydrogen (secondary N) is 2. The highest BCUT2D eigenvalue weighted by Crippen LogP contribution is 2.19. The van der Waals surface area contributed by atoms with Gasteiger partial charge < -0.3 is 24.6 Å². The molecule has 0 aliphatic carbocycles. The highest BCUT2D eigenvalue weighted by Gasteiger charge is 2.27. The van der Waals surface area contributed by atoms with Crippen molar-refractivity contribution in [3.05, 3.63) is 59.7 Å². The standard InChI is InChI=1S/C23H31N3O3/c1-4-29-22-8-6-5-7-20(22)23(27)24-17-21(26-13-15-28-16-14-26)18-9-11-19(12-10-18)25(2)3/h5-12,21H,4,13-17H2,1-3H3,(H,24,27)/p+1/t21-/m1/s1. The zero-order valence-corrected chi connectivity index (χ0v) is 17.6. The fourth-order valence-electron chi connectivity index (χ4n) is 3.71. The predicted octanol–water partition coefficient (Wildman–Crippen LogP) is 1.54. The van der Waals surface area contributed by atoms with Crippen molar-refractivity contribution in [2.24, 2.45) is 0 Å². The highest BCUT2D eigenvalue weighted by molar-refractivity contribution is 5.96. The second-order valence-electron chi connectivity index (χ2n) is 7.45. The molecule has 1 atom stereocenters. The van der Waals surface area contributed by atoms with Gasteiger partial charge >= 0.3 is 0 Å². The lowest BCUT2D eigenvalue weighted by Crippen LogP contribution is -3.15. The van der Waals surface area contributed by atoms with Crippen LogP contribution in [0.2, 0.25) is 0 Å². The third kappa shape index (κ3) is 5.49. The van der Waals surface area contributed by atoms with Gasteiger partial charge in [0.15, 0.2) is 0 Å². The molecular formula is C23H32N3O3+. The van der Waals surface area contributed by atoms with E-state index in [1.165, 1.54) is 16.2 Å². The molecule has 0 aromatic heterocycles. The summed E-state index contributed by atoms with van der Waals surface area (Å²) in [4.78, 5) is 16.4. The molecule has 1 saturated heterocycles. The van der Waals surface area contributed by atoms with Gasteiger partial charge in [-0.1, -0.05) is 24.3 Å². The number of morpholine rings is 1. The lowest BCUT2D eigenvalue weighted by Gasteiger charge is -2.32. The minimum atomic E-state index is -0.100. The van der Waals surface area contributed by atoms with E-state index in [0.29, 0.717) is 24.5 Å². The van der Waals surface area contributed by atoms with Gasteiger partial charge in [-0.05, 0) is 31.2 Å². The summed E-state index contributed by atoms with van der Waals surface area (Å²) >= 11 is 0. The Morgan fingerprint density at radius 1 is 1.14 bits per heavy atom. The summed E-state index contributed by atoms with van der Waals surface area (Å²) in [7, 11) is 4.07. The van der Waals surface area contributed by atoms with E-state index in [2.05, 4.69) is 34.5 Å². The number of hydrogen-bond donors (Lipinski definition) is 2. The Bertz CT molecular complexity index is 786. The van der Waals surface area contributed by atoms with E-state index in [9.17, 15) is 4.79 Å². The molecule has 1 aliphatic rings. The third-order valence-corrected chi connectivity index (χ3v) is 5.34. The molecule has 1 amide bonds. The summed E-state index contributed by atoms with van der Waals surface area (Å²) in [5.41, 5.74) is 2.97. The van der Waals surface area contributed by atoms with Gasteiger partial charge in [-0.3, -0.25) is 4.79 Å². The molecule has 0 saturated carbocycles. The topological polar surface area (TPSA) is 55.2 Å². The van der Waals surface area contributed by atoms with Crippen molar-refractivity contribution in [2.45, 2.75) is 13.0 Å². The van der Waals surface area contributed by atoms with Crippen molar-refractivity contribution in [3.8, 4) is 5.75 Å². The van der Waals surface area contributed by atoms with Gasteiger partial charge in [0.25, 0.3) is 5.91 Å². The van der Waals surface area contributed by atoms with E-state index in [1.54, 1.807) is 0 Å². The summed E-state index contributed by atoms with van der Waals surface area (Å²) in [5, 5.41) is 3.14. The van der Waals surface area contributed by atoms with Crippen LogP contribution in [0.1, 0.15) is 28.9 Å². The number of carbonyl (C=O) groups is 1. The number of para-hydroxylation sites is 1. The lowest BCUT2D eigenvalue weighted by molar-refractivity contribution is -0.937. The first kappa shape index (κ1) is 21.1. The molecule has 2 N–H and O–H groups in total. The second kappa shape index (κ2) is 10.3. The molecule has 0 spiro atoms. The van der Waals surface area contributed by atoms with Crippen LogP contribution < -0.4 is 19.9 Å². The van der Waals surface area contributed by atoms with Crippen molar-refractivity contribution in [2.75, 3.05) is 58.5 Å². The molecule has 0 radical (unpaired) electrons. The molecule has 6 heteroatoms. The van der Waals surface area contributed by atoms with E-state index < -0.39 is 0 Å². The summed E-state index contributed by atoms with van der Waals surface area (Å²) in [6, 6.07) is 16.2. The lowest BCUT2D eigenvalue weighted by atomic mass is 10.0. The Morgan fingerprint density at radius 3 is 2.48 bits per heavy atom. The van der Waals surface area contributed by atoms with E-state index in [-0.39, 0.29) is 11.9 Å². The molecule has 1 fully saturated rings. The summed E-state index contributed by atoms with van der Waals surface area (Å²) in [6.45, 7) is 6.39. The monoisotopic (exact) mass is 398 g/mol. The molecular weight excluding hydrogens is 366 g/mol. The average molecular weight is 399 g/mol. The SMILES string of the molecule is CCOc1ccccc1C(=O)NC[C@H](c1ccc(N(C)C)cc1)[NH+]1CCOCC1. The van der Waals surface area contributed by atoms with Crippen LogP contribution in [0.5, 0.6) is 5.75 Å². The first-order valence-corrected chi connectivity index (χ1v) is 10.3. The van der Waals surface area contributed by atoms with E-state index in [0.717, 1.165) is 26.3 Å². The molecule has 6 nitrogen and oxygen atoms in total. The smallest absolute Gasteiger partial charge is 0.255 e. The van der Waals surface area contributed by atoms with Gasteiger partial charge in [0.2, 0.25) is 0 Å². The van der Waals surface area contributed by atoms with Crippen molar-refractivity contribution in [1.82, 2.24) is 5.32 Å². The minimum Gasteiger partial charge on any atom is -0.493 e. The first-order chi connectivity index (χ1) is 14.1. The number of hydrogen-bond acceptors (Lipinski definition) is 4. The number of ether oxygens (including phenoxy) is 2. The zero-order valence-electron chi connectivity index (χ0n) is 17.6. The maximum Gasteiger partial charge on any atom is 0.255 e. The second-order valence-corrected chi connectivity index (χ2v) is 7.45. The number of rotatable bonds is 8. The molecule has 2 aromatic carbocycles. The molecule has 0 bridgehead atoms. The fourth-order valence-corrected chi connectivity index (χ4v) is 3.71. The van der Waals surface area contributed by atoms with Crippen molar-refractivity contribution >= 4 is 11.6 Å².